The van der Waals surface area contributed by atoms with Gasteiger partial charge in [-0.1, -0.05) is 267 Å². The number of fused-ring (bicyclic) bond motifs is 12. The molecule has 2 aromatic heterocycles. The largest absolute Gasteiger partial charge is 0.455 e. The highest BCUT2D eigenvalue weighted by Gasteiger charge is 2.24. The van der Waals surface area contributed by atoms with E-state index in [-0.39, 0.29) is 0 Å². The van der Waals surface area contributed by atoms with E-state index in [9.17, 15) is 0 Å². The average Bonchev–Trinajstić information content (AvgIpc) is 1.79. The quantitative estimate of drug-likeness (QED) is 0.149. The van der Waals surface area contributed by atoms with Crippen LogP contribution in [-0.2, 0) is 0 Å². The van der Waals surface area contributed by atoms with E-state index >= 15 is 0 Å². The van der Waals surface area contributed by atoms with Crippen molar-refractivity contribution < 1.29 is 8.83 Å². The number of hydrogen-bond acceptors (Lipinski definition) is 2. The molecule has 0 aliphatic heterocycles. The van der Waals surface area contributed by atoms with Crippen LogP contribution < -0.4 is 0 Å². The third-order valence-corrected chi connectivity index (χ3v) is 18.2. The molecule has 0 spiro atoms. The monoisotopic (exact) mass is 1090 g/mol. The minimum Gasteiger partial charge on any atom is -0.455 e. The van der Waals surface area contributed by atoms with Gasteiger partial charge < -0.3 is 8.83 Å². The van der Waals surface area contributed by atoms with Crippen LogP contribution in [0.3, 0.4) is 0 Å². The van der Waals surface area contributed by atoms with Gasteiger partial charge in [0.2, 0.25) is 0 Å². The molecule has 2 heterocycles. The van der Waals surface area contributed by atoms with Crippen molar-refractivity contribution >= 4 is 109 Å². The second-order valence-corrected chi connectivity index (χ2v) is 22.9. The summed E-state index contributed by atoms with van der Waals surface area (Å²) in [5, 5.41) is 18.9. The number of para-hydroxylation sites is 3. The highest BCUT2D eigenvalue weighted by molar-refractivity contribution is 6.27. The molecule has 86 heavy (non-hydrogen) atoms. The van der Waals surface area contributed by atoms with Gasteiger partial charge in [-0.2, -0.15) is 0 Å². The number of furan rings is 2. The summed E-state index contributed by atoms with van der Waals surface area (Å²) in [7, 11) is 0. The molecule has 16 aromatic carbocycles. The fourth-order valence-corrected chi connectivity index (χ4v) is 14.4. The van der Waals surface area contributed by atoms with Crippen molar-refractivity contribution in [2.45, 2.75) is 0 Å². The van der Waals surface area contributed by atoms with Crippen LogP contribution in [0.5, 0.6) is 0 Å². The zero-order valence-corrected chi connectivity index (χ0v) is 46.7. The van der Waals surface area contributed by atoms with Gasteiger partial charge in [-0.25, -0.2) is 0 Å². The number of rotatable bonds is 7. The van der Waals surface area contributed by atoms with Crippen molar-refractivity contribution in [3.63, 3.8) is 0 Å². The molecular weight excluding hydrogens is 1040 g/mol. The molecule has 398 valence electrons. The zero-order valence-electron chi connectivity index (χ0n) is 46.7. The van der Waals surface area contributed by atoms with Crippen molar-refractivity contribution in [1.29, 1.82) is 0 Å². The SMILES string of the molecule is c1cc(-c2ccc3ccccc3c2)cc(-c2c3ccccc3c(-c3cccc4c3oc3ccc(-c5cccc6ccc(-c7ccccc7-c7c8ccccc8c(-c8cccc9c8oc8ccccc89)c8ccccc78)cc56)cc34)c3ccccc23)c1. The summed E-state index contributed by atoms with van der Waals surface area (Å²) in [5.74, 6) is 0. The minimum atomic E-state index is 0.863. The second-order valence-electron chi connectivity index (χ2n) is 22.9. The van der Waals surface area contributed by atoms with Crippen molar-refractivity contribution in [3.8, 4) is 77.9 Å². The minimum absolute atomic E-state index is 0.863. The number of benzene rings is 16. The molecule has 0 saturated carbocycles. The smallest absolute Gasteiger partial charge is 0.143 e. The van der Waals surface area contributed by atoms with Crippen LogP contribution in [0, 0.1) is 0 Å². The average molecular weight is 1090 g/mol. The molecule has 0 bridgehead atoms. The standard InChI is InChI=1S/C84H50O2/c1-2-20-53-47-55(43-41-51(53)19-1)54-22-15-23-58(48-54)79-63-27-5-7-29-65(63)81(66-30-8-6-28-64(66)79)74-39-18-37-72-76-50-57(45-46-78(76)86-84(72)74)60-35-16-21-52-42-44-56(49-75(52)60)59-24-3-4-26-62(59)80-67-31-9-11-33-69(67)82(70-34-12-10-32-68(70)80)73-38-17-36-71-61-25-13-14-40-77(61)85-83(71)73/h1-50H. The Morgan fingerprint density at radius 1 is 0.163 bits per heavy atom. The third-order valence-electron chi connectivity index (χ3n) is 18.2. The van der Waals surface area contributed by atoms with Gasteiger partial charge in [-0.05, 0) is 157 Å². The molecule has 0 radical (unpaired) electrons. The van der Waals surface area contributed by atoms with Crippen LogP contribution in [0.1, 0.15) is 0 Å². The first-order valence-corrected chi connectivity index (χ1v) is 29.6. The lowest BCUT2D eigenvalue weighted by Crippen LogP contribution is -1.93. The fourth-order valence-electron chi connectivity index (χ4n) is 14.4. The maximum Gasteiger partial charge on any atom is 0.143 e. The Kier molecular flexibility index (Phi) is 10.7. The van der Waals surface area contributed by atoms with E-state index < -0.39 is 0 Å². The van der Waals surface area contributed by atoms with Crippen molar-refractivity contribution in [2.24, 2.45) is 0 Å². The highest BCUT2D eigenvalue weighted by Crippen LogP contribution is 2.51. The Morgan fingerprint density at radius 2 is 0.547 bits per heavy atom. The molecule has 2 heteroatoms. The van der Waals surface area contributed by atoms with Gasteiger partial charge in [0.1, 0.15) is 22.3 Å². The molecule has 0 amide bonds. The molecular formula is C84H50O2. The first-order chi connectivity index (χ1) is 42.7. The summed E-state index contributed by atoms with van der Waals surface area (Å²) >= 11 is 0. The first kappa shape index (κ1) is 48.2. The summed E-state index contributed by atoms with van der Waals surface area (Å²) in [6, 6.07) is 111. The van der Waals surface area contributed by atoms with E-state index in [4.69, 9.17) is 8.83 Å². The molecule has 0 fully saturated rings. The maximum atomic E-state index is 7.08. The van der Waals surface area contributed by atoms with Crippen LogP contribution in [0.15, 0.2) is 312 Å². The lowest BCUT2D eigenvalue weighted by molar-refractivity contribution is 0.670. The van der Waals surface area contributed by atoms with E-state index in [0.29, 0.717) is 0 Å². The molecule has 0 saturated heterocycles. The van der Waals surface area contributed by atoms with Crippen molar-refractivity contribution in [2.75, 3.05) is 0 Å². The fraction of sp³-hybridized carbons (Fsp3) is 0. The summed E-state index contributed by atoms with van der Waals surface area (Å²) in [5.41, 5.74) is 20.0. The molecule has 18 rings (SSSR count). The molecule has 0 atom stereocenters. The maximum absolute atomic E-state index is 7.08. The van der Waals surface area contributed by atoms with E-state index in [1.807, 2.05) is 6.07 Å². The van der Waals surface area contributed by atoms with Gasteiger partial charge in [0.05, 0.1) is 0 Å². The third kappa shape index (κ3) is 7.40. The summed E-state index contributed by atoms with van der Waals surface area (Å²) < 4.78 is 13.8. The Hall–Kier alpha value is -11.3. The van der Waals surface area contributed by atoms with Gasteiger partial charge in [-0.3, -0.25) is 0 Å². The van der Waals surface area contributed by atoms with E-state index in [1.165, 1.54) is 120 Å². The van der Waals surface area contributed by atoms with Crippen LogP contribution in [0.2, 0.25) is 0 Å². The van der Waals surface area contributed by atoms with Crippen LogP contribution >= 0.6 is 0 Å². The Balaban J connectivity index is 0.764. The lowest BCUT2D eigenvalue weighted by atomic mass is 9.83. The van der Waals surface area contributed by atoms with E-state index in [2.05, 4.69) is 297 Å². The molecule has 0 aliphatic carbocycles. The van der Waals surface area contributed by atoms with Gasteiger partial charge >= 0.3 is 0 Å². The molecule has 0 aliphatic rings. The van der Waals surface area contributed by atoms with Gasteiger partial charge in [0, 0.05) is 43.8 Å². The Bertz CT molecular complexity index is 5740. The summed E-state index contributed by atoms with van der Waals surface area (Å²) in [6.07, 6.45) is 0. The van der Waals surface area contributed by atoms with Gasteiger partial charge in [-0.15, -0.1) is 0 Å². The van der Waals surface area contributed by atoms with Crippen LogP contribution in [0.4, 0.5) is 0 Å². The van der Waals surface area contributed by atoms with E-state index in [0.717, 1.165) is 66.1 Å². The highest BCUT2D eigenvalue weighted by atomic mass is 16.3. The molecule has 0 N–H and O–H groups in total. The predicted molar refractivity (Wildman–Crippen MR) is 364 cm³/mol. The number of hydrogen-bond donors (Lipinski definition) is 0. The van der Waals surface area contributed by atoms with Gasteiger partial charge in [0.15, 0.2) is 0 Å². The predicted octanol–water partition coefficient (Wildman–Crippen LogP) is 24.1. The summed E-state index contributed by atoms with van der Waals surface area (Å²) in [6.45, 7) is 0. The molecule has 18 aromatic rings. The lowest BCUT2D eigenvalue weighted by Gasteiger charge is -2.20. The van der Waals surface area contributed by atoms with E-state index in [1.54, 1.807) is 0 Å². The molecule has 0 unspecified atom stereocenters. The molecule has 2 nitrogen and oxygen atoms in total. The van der Waals surface area contributed by atoms with Crippen molar-refractivity contribution in [3.05, 3.63) is 303 Å². The zero-order chi connectivity index (χ0) is 56.4. The normalized spacial score (nSPS) is 12.0. The second kappa shape index (κ2) is 19.1. The van der Waals surface area contributed by atoms with Crippen LogP contribution in [0.25, 0.3) is 186 Å². The van der Waals surface area contributed by atoms with Crippen molar-refractivity contribution in [1.82, 2.24) is 0 Å². The topological polar surface area (TPSA) is 26.3 Å². The first-order valence-electron chi connectivity index (χ1n) is 29.6. The van der Waals surface area contributed by atoms with Crippen LogP contribution in [-0.4, -0.2) is 0 Å². The Labute approximate surface area is 495 Å². The van der Waals surface area contributed by atoms with Gasteiger partial charge in [0.25, 0.3) is 0 Å². The summed E-state index contributed by atoms with van der Waals surface area (Å²) in [4.78, 5) is 0. The Morgan fingerprint density at radius 3 is 1.20 bits per heavy atom.